The third-order valence-corrected chi connectivity index (χ3v) is 1.82. The zero-order valence-corrected chi connectivity index (χ0v) is 9.30. The molecule has 0 aliphatic rings. The summed E-state index contributed by atoms with van der Waals surface area (Å²) in [5.74, 6) is -0.0809. The minimum atomic E-state index is -0.523. The monoisotopic (exact) mass is 203 g/mol. The van der Waals surface area contributed by atoms with Crippen molar-refractivity contribution in [2.75, 3.05) is 26.4 Å². The molecule has 0 bridgehead atoms. The quantitative estimate of drug-likeness (QED) is 0.594. The second kappa shape index (κ2) is 6.79. The first-order valence-corrected chi connectivity index (χ1v) is 5.01. The van der Waals surface area contributed by atoms with Gasteiger partial charge in [-0.15, -0.1) is 0 Å². The summed E-state index contributed by atoms with van der Waals surface area (Å²) in [7, 11) is 0. The van der Waals surface area contributed by atoms with Crippen LogP contribution in [-0.4, -0.2) is 37.4 Å². The Morgan fingerprint density at radius 3 is 2.64 bits per heavy atom. The van der Waals surface area contributed by atoms with Gasteiger partial charge in [0.25, 0.3) is 0 Å². The van der Waals surface area contributed by atoms with Crippen LogP contribution in [0.5, 0.6) is 0 Å². The molecule has 0 spiro atoms. The van der Waals surface area contributed by atoms with Crippen LogP contribution in [-0.2, 0) is 9.53 Å². The summed E-state index contributed by atoms with van der Waals surface area (Å²) in [6, 6.07) is 0. The smallest absolute Gasteiger partial charge is 0.228 e. The minimum Gasteiger partial charge on any atom is -0.395 e. The molecule has 0 aromatic heterocycles. The van der Waals surface area contributed by atoms with Gasteiger partial charge < -0.3 is 15.2 Å². The number of hydrogen-bond donors (Lipinski definition) is 2. The first-order chi connectivity index (χ1) is 6.54. The van der Waals surface area contributed by atoms with Crippen molar-refractivity contribution in [3.8, 4) is 0 Å². The number of aliphatic hydroxyl groups excluding tert-OH is 1. The van der Waals surface area contributed by atoms with Gasteiger partial charge in [-0.3, -0.25) is 4.79 Å². The van der Waals surface area contributed by atoms with Gasteiger partial charge in [-0.25, -0.2) is 0 Å². The zero-order valence-electron chi connectivity index (χ0n) is 9.30. The SMILES string of the molecule is CCCOCC(C)(C)C(=O)NCCO. The van der Waals surface area contributed by atoms with Crippen LogP contribution in [0.2, 0.25) is 0 Å². The number of nitrogens with one attached hydrogen (secondary N) is 1. The lowest BCUT2D eigenvalue weighted by atomic mass is 9.93. The van der Waals surface area contributed by atoms with E-state index in [-0.39, 0.29) is 12.5 Å². The molecule has 0 saturated carbocycles. The molecule has 0 rings (SSSR count). The largest absolute Gasteiger partial charge is 0.395 e. The van der Waals surface area contributed by atoms with Gasteiger partial charge in [0.2, 0.25) is 5.91 Å². The molecule has 0 radical (unpaired) electrons. The van der Waals surface area contributed by atoms with Crippen molar-refractivity contribution in [3.05, 3.63) is 0 Å². The van der Waals surface area contributed by atoms with Crippen molar-refractivity contribution in [1.82, 2.24) is 5.32 Å². The fourth-order valence-corrected chi connectivity index (χ4v) is 0.946. The summed E-state index contributed by atoms with van der Waals surface area (Å²) >= 11 is 0. The van der Waals surface area contributed by atoms with Crippen molar-refractivity contribution in [2.24, 2.45) is 5.41 Å². The molecule has 0 atom stereocenters. The zero-order chi connectivity index (χ0) is 11.0. The number of carbonyl (C=O) groups excluding carboxylic acids is 1. The third-order valence-electron chi connectivity index (χ3n) is 1.82. The van der Waals surface area contributed by atoms with Crippen LogP contribution in [0.3, 0.4) is 0 Å². The van der Waals surface area contributed by atoms with Crippen LogP contribution in [0, 0.1) is 5.41 Å². The van der Waals surface area contributed by atoms with E-state index in [1.54, 1.807) is 0 Å². The summed E-state index contributed by atoms with van der Waals surface area (Å²) in [5.41, 5.74) is -0.523. The van der Waals surface area contributed by atoms with E-state index in [1.807, 2.05) is 20.8 Å². The topological polar surface area (TPSA) is 58.6 Å². The van der Waals surface area contributed by atoms with E-state index >= 15 is 0 Å². The van der Waals surface area contributed by atoms with Crippen molar-refractivity contribution in [1.29, 1.82) is 0 Å². The van der Waals surface area contributed by atoms with Gasteiger partial charge in [-0.1, -0.05) is 6.92 Å². The molecule has 0 unspecified atom stereocenters. The van der Waals surface area contributed by atoms with E-state index in [9.17, 15) is 4.79 Å². The summed E-state index contributed by atoms with van der Waals surface area (Å²) in [6.45, 7) is 7.05. The predicted molar refractivity (Wildman–Crippen MR) is 55.0 cm³/mol. The maximum absolute atomic E-state index is 11.5. The Kier molecular flexibility index (Phi) is 6.49. The van der Waals surface area contributed by atoms with Crippen LogP contribution < -0.4 is 5.32 Å². The van der Waals surface area contributed by atoms with Gasteiger partial charge in [-0.05, 0) is 20.3 Å². The van der Waals surface area contributed by atoms with E-state index in [2.05, 4.69) is 5.32 Å². The van der Waals surface area contributed by atoms with Gasteiger partial charge in [0, 0.05) is 13.2 Å². The molecule has 0 aliphatic carbocycles. The standard InChI is InChI=1S/C10H21NO3/c1-4-7-14-8-10(2,3)9(13)11-5-6-12/h12H,4-8H2,1-3H3,(H,11,13). The number of amides is 1. The molecule has 0 aromatic carbocycles. The number of rotatable bonds is 7. The highest BCUT2D eigenvalue weighted by molar-refractivity contribution is 5.81. The van der Waals surface area contributed by atoms with E-state index in [0.717, 1.165) is 6.42 Å². The Balaban J connectivity index is 3.83. The van der Waals surface area contributed by atoms with E-state index in [4.69, 9.17) is 9.84 Å². The second-order valence-corrected chi connectivity index (χ2v) is 3.92. The van der Waals surface area contributed by atoms with Crippen LogP contribution in [0.4, 0.5) is 0 Å². The lowest BCUT2D eigenvalue weighted by Gasteiger charge is -2.23. The number of aliphatic hydroxyl groups is 1. The van der Waals surface area contributed by atoms with Gasteiger partial charge in [0.1, 0.15) is 0 Å². The lowest BCUT2D eigenvalue weighted by molar-refractivity contribution is -0.132. The molecule has 0 aliphatic heterocycles. The molecular formula is C10H21NO3. The Morgan fingerprint density at radius 2 is 2.14 bits per heavy atom. The lowest BCUT2D eigenvalue weighted by Crippen LogP contribution is -2.41. The Hall–Kier alpha value is -0.610. The third kappa shape index (κ3) is 5.19. The van der Waals surface area contributed by atoms with Crippen LogP contribution in [0.1, 0.15) is 27.2 Å². The van der Waals surface area contributed by atoms with E-state index < -0.39 is 5.41 Å². The van der Waals surface area contributed by atoms with Crippen LogP contribution >= 0.6 is 0 Å². The molecule has 0 heterocycles. The van der Waals surface area contributed by atoms with E-state index in [1.165, 1.54) is 0 Å². The summed E-state index contributed by atoms with van der Waals surface area (Å²) < 4.78 is 5.33. The average Bonchev–Trinajstić information content (AvgIpc) is 2.14. The molecule has 14 heavy (non-hydrogen) atoms. The maximum Gasteiger partial charge on any atom is 0.228 e. The van der Waals surface area contributed by atoms with Gasteiger partial charge in [-0.2, -0.15) is 0 Å². The fraction of sp³-hybridized carbons (Fsp3) is 0.900. The molecule has 4 heteroatoms. The molecule has 4 nitrogen and oxygen atoms in total. The Labute approximate surface area is 85.6 Å². The minimum absolute atomic E-state index is 0.0301. The Bertz CT molecular complexity index is 169. The van der Waals surface area contributed by atoms with Crippen LogP contribution in [0.15, 0.2) is 0 Å². The normalized spacial score (nSPS) is 11.4. The highest BCUT2D eigenvalue weighted by Gasteiger charge is 2.27. The van der Waals surface area contributed by atoms with Crippen molar-refractivity contribution in [3.63, 3.8) is 0 Å². The first kappa shape index (κ1) is 13.4. The molecule has 84 valence electrons. The highest BCUT2D eigenvalue weighted by Crippen LogP contribution is 2.15. The van der Waals surface area contributed by atoms with Gasteiger partial charge in [0.05, 0.1) is 18.6 Å². The number of hydrogen-bond acceptors (Lipinski definition) is 3. The second-order valence-electron chi connectivity index (χ2n) is 3.92. The van der Waals surface area contributed by atoms with E-state index in [0.29, 0.717) is 19.8 Å². The summed E-state index contributed by atoms with van der Waals surface area (Å²) in [4.78, 5) is 11.5. The summed E-state index contributed by atoms with van der Waals surface area (Å²) in [5, 5.41) is 11.2. The Morgan fingerprint density at radius 1 is 1.50 bits per heavy atom. The highest BCUT2D eigenvalue weighted by atomic mass is 16.5. The number of ether oxygens (including phenoxy) is 1. The molecular weight excluding hydrogens is 182 g/mol. The predicted octanol–water partition coefficient (Wildman–Crippen LogP) is 0.548. The van der Waals surface area contributed by atoms with Crippen LogP contribution in [0.25, 0.3) is 0 Å². The van der Waals surface area contributed by atoms with Gasteiger partial charge >= 0.3 is 0 Å². The van der Waals surface area contributed by atoms with Gasteiger partial charge in [0.15, 0.2) is 0 Å². The van der Waals surface area contributed by atoms with Crippen molar-refractivity contribution >= 4 is 5.91 Å². The molecule has 0 aromatic rings. The fourth-order valence-electron chi connectivity index (χ4n) is 0.946. The maximum atomic E-state index is 11.5. The molecule has 0 fully saturated rings. The molecule has 0 saturated heterocycles. The first-order valence-electron chi connectivity index (χ1n) is 5.01. The summed E-state index contributed by atoms with van der Waals surface area (Å²) in [6.07, 6.45) is 0.953. The average molecular weight is 203 g/mol. The number of carbonyl (C=O) groups is 1. The molecule has 1 amide bonds. The molecule has 2 N–H and O–H groups in total. The van der Waals surface area contributed by atoms with Crippen molar-refractivity contribution in [2.45, 2.75) is 27.2 Å². The van der Waals surface area contributed by atoms with Crippen molar-refractivity contribution < 1.29 is 14.6 Å².